The number of amides is 1. The Balaban J connectivity index is 1.53. The fraction of sp³-hybridized carbons (Fsp3) is 0.304. The minimum atomic E-state index is -3.68. The number of hydrogen-bond acceptors (Lipinski definition) is 6. The number of benzene rings is 2. The van der Waals surface area contributed by atoms with Crippen molar-refractivity contribution in [2.24, 2.45) is 0 Å². The molecule has 0 unspecified atom stereocenters. The Bertz CT molecular complexity index is 1320. The van der Waals surface area contributed by atoms with E-state index in [2.05, 4.69) is 5.32 Å². The number of fused-ring (bicyclic) bond motifs is 1. The van der Waals surface area contributed by atoms with Crippen LogP contribution < -0.4 is 10.7 Å². The maximum Gasteiger partial charge on any atom is 0.291 e. The zero-order valence-electron chi connectivity index (χ0n) is 18.0. The van der Waals surface area contributed by atoms with Crippen molar-refractivity contribution in [1.82, 2.24) is 4.31 Å². The number of carbonyl (C=O) groups is 1. The van der Waals surface area contributed by atoms with Gasteiger partial charge in [0.1, 0.15) is 5.58 Å². The number of anilines is 1. The Morgan fingerprint density at radius 3 is 2.34 bits per heavy atom. The topological polar surface area (TPSA) is 106 Å². The molecule has 0 saturated carbocycles. The maximum atomic E-state index is 13.0. The number of hydrogen-bond donors (Lipinski definition) is 1. The Morgan fingerprint density at radius 1 is 1.03 bits per heavy atom. The lowest BCUT2D eigenvalue weighted by Crippen LogP contribution is -2.48. The molecule has 8 nitrogen and oxygen atoms in total. The van der Waals surface area contributed by atoms with Gasteiger partial charge in [-0.3, -0.25) is 9.59 Å². The second-order valence-corrected chi connectivity index (χ2v) is 9.97. The maximum absolute atomic E-state index is 13.0. The highest BCUT2D eigenvalue weighted by molar-refractivity contribution is 7.89. The van der Waals surface area contributed by atoms with Gasteiger partial charge in [-0.25, -0.2) is 8.42 Å². The van der Waals surface area contributed by atoms with Crippen LogP contribution >= 0.6 is 0 Å². The first-order valence-corrected chi connectivity index (χ1v) is 11.7. The molecule has 0 spiro atoms. The summed E-state index contributed by atoms with van der Waals surface area (Å²) in [6, 6.07) is 12.2. The van der Waals surface area contributed by atoms with Crippen LogP contribution in [0.4, 0.5) is 5.69 Å². The van der Waals surface area contributed by atoms with Crippen LogP contribution in [-0.4, -0.2) is 43.9 Å². The van der Waals surface area contributed by atoms with Gasteiger partial charge in [0.2, 0.25) is 10.0 Å². The van der Waals surface area contributed by atoms with Crippen LogP contribution in [0.3, 0.4) is 0 Å². The highest BCUT2D eigenvalue weighted by Gasteiger charge is 2.32. The van der Waals surface area contributed by atoms with Crippen molar-refractivity contribution >= 4 is 32.6 Å². The van der Waals surface area contributed by atoms with Crippen molar-refractivity contribution in [3.8, 4) is 0 Å². The molecule has 9 heteroatoms. The van der Waals surface area contributed by atoms with E-state index in [9.17, 15) is 18.0 Å². The normalized spacial score (nSPS) is 19.7. The van der Waals surface area contributed by atoms with Crippen LogP contribution in [0, 0.1) is 6.92 Å². The molecule has 168 valence electrons. The number of sulfonamides is 1. The van der Waals surface area contributed by atoms with Gasteiger partial charge < -0.3 is 14.5 Å². The highest BCUT2D eigenvalue weighted by atomic mass is 32.2. The average Bonchev–Trinajstić information content (AvgIpc) is 2.73. The summed E-state index contributed by atoms with van der Waals surface area (Å²) in [5, 5.41) is 3.03. The summed E-state index contributed by atoms with van der Waals surface area (Å²) in [6.45, 7) is 6.10. The van der Waals surface area contributed by atoms with Gasteiger partial charge in [0.25, 0.3) is 5.91 Å². The van der Waals surface area contributed by atoms with E-state index in [-0.39, 0.29) is 41.4 Å². The van der Waals surface area contributed by atoms with Crippen LogP contribution in [0.25, 0.3) is 11.0 Å². The van der Waals surface area contributed by atoms with E-state index in [4.69, 9.17) is 9.15 Å². The van der Waals surface area contributed by atoms with Crippen molar-refractivity contribution in [3.63, 3.8) is 0 Å². The second kappa shape index (κ2) is 8.50. The van der Waals surface area contributed by atoms with Crippen molar-refractivity contribution in [2.45, 2.75) is 37.9 Å². The highest BCUT2D eigenvalue weighted by Crippen LogP contribution is 2.23. The lowest BCUT2D eigenvalue weighted by molar-refractivity contribution is -0.0440. The molecule has 1 N–H and O–H groups in total. The minimum absolute atomic E-state index is 0.124. The van der Waals surface area contributed by atoms with Crippen LogP contribution in [0.1, 0.15) is 30.0 Å². The zero-order valence-corrected chi connectivity index (χ0v) is 18.8. The largest absolute Gasteiger partial charge is 0.451 e. The molecule has 2 atom stereocenters. The number of ether oxygens (including phenoxy) is 1. The summed E-state index contributed by atoms with van der Waals surface area (Å²) in [7, 11) is -3.68. The average molecular weight is 457 g/mol. The number of nitrogens with zero attached hydrogens (tertiary/aromatic N) is 1. The van der Waals surface area contributed by atoms with Gasteiger partial charge in [-0.15, -0.1) is 0 Å². The van der Waals surface area contributed by atoms with E-state index in [1.165, 1.54) is 28.6 Å². The molecule has 2 aromatic carbocycles. The third kappa shape index (κ3) is 4.45. The fourth-order valence-corrected chi connectivity index (χ4v) is 5.34. The van der Waals surface area contributed by atoms with Gasteiger partial charge in [-0.2, -0.15) is 4.31 Å². The number of aryl methyl sites for hydroxylation is 1. The predicted octanol–water partition coefficient (Wildman–Crippen LogP) is 3.15. The second-order valence-electron chi connectivity index (χ2n) is 8.03. The van der Waals surface area contributed by atoms with Crippen LogP contribution in [-0.2, 0) is 14.8 Å². The third-order valence-corrected chi connectivity index (χ3v) is 7.09. The van der Waals surface area contributed by atoms with E-state index in [0.717, 1.165) is 11.6 Å². The molecule has 1 aromatic heterocycles. The number of rotatable bonds is 4. The molecule has 1 aliphatic heterocycles. The third-order valence-electron chi connectivity index (χ3n) is 5.24. The predicted molar refractivity (Wildman–Crippen MR) is 120 cm³/mol. The van der Waals surface area contributed by atoms with Gasteiger partial charge in [-0.1, -0.05) is 6.07 Å². The zero-order chi connectivity index (χ0) is 23.0. The lowest BCUT2D eigenvalue weighted by atomic mass is 10.1. The molecule has 0 aliphatic carbocycles. The SMILES string of the molecule is Cc1ccc2c(=O)cc(C(=O)Nc3ccc(S(=O)(=O)N4C[C@H](C)O[C@@H](C)C4)cc3)oc2c1. The molecule has 4 rings (SSSR count). The molecule has 2 heterocycles. The lowest BCUT2D eigenvalue weighted by Gasteiger charge is -2.34. The Kier molecular flexibility index (Phi) is 5.89. The van der Waals surface area contributed by atoms with E-state index < -0.39 is 15.9 Å². The fourth-order valence-electron chi connectivity index (χ4n) is 3.75. The first-order chi connectivity index (χ1) is 15.1. The van der Waals surface area contributed by atoms with Crippen LogP contribution in [0.2, 0.25) is 0 Å². The minimum Gasteiger partial charge on any atom is -0.451 e. The molecule has 1 saturated heterocycles. The van der Waals surface area contributed by atoms with Gasteiger partial charge in [0.15, 0.2) is 11.2 Å². The summed E-state index contributed by atoms with van der Waals surface area (Å²) in [5.41, 5.74) is 1.30. The Labute approximate surface area is 185 Å². The van der Waals surface area contributed by atoms with Gasteiger partial charge in [-0.05, 0) is 62.7 Å². The molecule has 1 fully saturated rings. The summed E-state index contributed by atoms with van der Waals surface area (Å²) in [4.78, 5) is 25.0. The van der Waals surface area contributed by atoms with Crippen molar-refractivity contribution in [1.29, 1.82) is 0 Å². The smallest absolute Gasteiger partial charge is 0.291 e. The summed E-state index contributed by atoms with van der Waals surface area (Å²) < 4.78 is 38.5. The van der Waals surface area contributed by atoms with Crippen molar-refractivity contribution in [2.75, 3.05) is 18.4 Å². The molecule has 0 radical (unpaired) electrons. The van der Waals surface area contributed by atoms with Crippen molar-refractivity contribution < 1.29 is 22.4 Å². The first-order valence-electron chi connectivity index (χ1n) is 10.2. The van der Waals surface area contributed by atoms with E-state index >= 15 is 0 Å². The summed E-state index contributed by atoms with van der Waals surface area (Å²) >= 11 is 0. The number of carbonyl (C=O) groups excluding carboxylic acids is 1. The van der Waals surface area contributed by atoms with Crippen LogP contribution in [0.5, 0.6) is 0 Å². The molecule has 1 amide bonds. The standard InChI is InChI=1S/C23H24N2O6S/c1-14-4-9-19-20(26)11-22(31-21(19)10-14)23(27)24-17-5-7-18(8-6-17)32(28,29)25-12-15(2)30-16(3)13-25/h4-11,15-16H,12-13H2,1-3H3,(H,24,27)/t15-,16-/m0/s1. The summed E-state index contributed by atoms with van der Waals surface area (Å²) in [6.07, 6.45) is -0.375. The number of nitrogens with one attached hydrogen (secondary N) is 1. The molecule has 0 bridgehead atoms. The Morgan fingerprint density at radius 2 is 1.69 bits per heavy atom. The van der Waals surface area contributed by atoms with Gasteiger partial charge in [0, 0.05) is 24.8 Å². The monoisotopic (exact) mass is 456 g/mol. The molecular weight excluding hydrogens is 432 g/mol. The van der Waals surface area contributed by atoms with Gasteiger partial charge >= 0.3 is 0 Å². The first kappa shape index (κ1) is 22.2. The Hall–Kier alpha value is -3.01. The molecule has 3 aromatic rings. The van der Waals surface area contributed by atoms with Crippen molar-refractivity contribution in [3.05, 3.63) is 70.1 Å². The van der Waals surface area contributed by atoms with Crippen LogP contribution in [0.15, 0.2) is 62.6 Å². The van der Waals surface area contributed by atoms with E-state index in [1.807, 2.05) is 20.8 Å². The molecule has 32 heavy (non-hydrogen) atoms. The quantitative estimate of drug-likeness (QED) is 0.647. The van der Waals surface area contributed by atoms with E-state index in [1.54, 1.807) is 18.2 Å². The van der Waals surface area contributed by atoms with E-state index in [0.29, 0.717) is 16.7 Å². The van der Waals surface area contributed by atoms with Gasteiger partial charge in [0.05, 0.1) is 22.5 Å². The summed E-state index contributed by atoms with van der Waals surface area (Å²) in [5.74, 6) is -0.724. The molecular formula is C23H24N2O6S. The molecule has 1 aliphatic rings. The number of morpholine rings is 1.